The average Bonchev–Trinajstić information content (AvgIpc) is 3.27. The predicted octanol–water partition coefficient (Wildman–Crippen LogP) is 0.257. The van der Waals surface area contributed by atoms with Crippen LogP contribution in [0.1, 0.15) is 18.5 Å². The Balaban J connectivity index is 1.90. The summed E-state index contributed by atoms with van der Waals surface area (Å²) in [6.07, 6.45) is 4.16. The highest BCUT2D eigenvalue weighted by molar-refractivity contribution is 5.84. The van der Waals surface area contributed by atoms with Gasteiger partial charge in [-0.05, 0) is 12.1 Å². The maximum atomic E-state index is 11.7. The quantitative estimate of drug-likeness (QED) is 0.525. The van der Waals surface area contributed by atoms with Gasteiger partial charge in [0.15, 0.2) is 5.96 Å². The standard InChI is InChI=1S/C16H25N7O2/c1-4-14-21-20-12-23(14)8-7-17-16(19-11-15(24)22(2)3)18-10-13-6-5-9-25-13/h5-6,9,12H,4,7-8,10-11H2,1-3H3,(H2,17,18,19). The van der Waals surface area contributed by atoms with Gasteiger partial charge in [-0.25, -0.2) is 4.99 Å². The second kappa shape index (κ2) is 9.45. The van der Waals surface area contributed by atoms with E-state index in [1.54, 1.807) is 26.7 Å². The maximum Gasteiger partial charge on any atom is 0.243 e. The van der Waals surface area contributed by atoms with Crippen LogP contribution in [0.4, 0.5) is 0 Å². The Hall–Kier alpha value is -2.84. The lowest BCUT2D eigenvalue weighted by atomic mass is 10.4. The van der Waals surface area contributed by atoms with Gasteiger partial charge in [0.05, 0.1) is 12.8 Å². The fraction of sp³-hybridized carbons (Fsp3) is 0.500. The number of hydrogen-bond acceptors (Lipinski definition) is 5. The molecule has 2 aromatic heterocycles. The first-order valence-electron chi connectivity index (χ1n) is 8.21. The zero-order valence-electron chi connectivity index (χ0n) is 14.9. The van der Waals surface area contributed by atoms with Crippen molar-refractivity contribution in [2.75, 3.05) is 27.2 Å². The van der Waals surface area contributed by atoms with E-state index < -0.39 is 0 Å². The monoisotopic (exact) mass is 347 g/mol. The molecule has 0 atom stereocenters. The first kappa shape index (κ1) is 18.5. The molecule has 0 radical (unpaired) electrons. The van der Waals surface area contributed by atoms with Crippen LogP contribution in [0.5, 0.6) is 0 Å². The van der Waals surface area contributed by atoms with E-state index in [0.29, 0.717) is 25.6 Å². The third kappa shape index (κ3) is 5.94. The normalized spacial score (nSPS) is 11.4. The summed E-state index contributed by atoms with van der Waals surface area (Å²) in [4.78, 5) is 17.6. The van der Waals surface area contributed by atoms with Crippen molar-refractivity contribution in [3.63, 3.8) is 0 Å². The molecule has 9 heteroatoms. The van der Waals surface area contributed by atoms with Crippen LogP contribution in [0.25, 0.3) is 0 Å². The van der Waals surface area contributed by atoms with Crippen LogP contribution in [-0.2, 0) is 24.3 Å². The van der Waals surface area contributed by atoms with E-state index in [4.69, 9.17) is 4.42 Å². The molecule has 1 amide bonds. The van der Waals surface area contributed by atoms with Crippen molar-refractivity contribution in [1.29, 1.82) is 0 Å². The van der Waals surface area contributed by atoms with Gasteiger partial charge >= 0.3 is 0 Å². The van der Waals surface area contributed by atoms with Crippen LogP contribution in [0.2, 0.25) is 0 Å². The Morgan fingerprint density at radius 2 is 2.24 bits per heavy atom. The summed E-state index contributed by atoms with van der Waals surface area (Å²) < 4.78 is 7.29. The predicted molar refractivity (Wildman–Crippen MR) is 93.9 cm³/mol. The molecule has 2 heterocycles. The summed E-state index contributed by atoms with van der Waals surface area (Å²) >= 11 is 0. The van der Waals surface area contributed by atoms with Gasteiger partial charge in [0.1, 0.15) is 24.5 Å². The van der Waals surface area contributed by atoms with Gasteiger partial charge in [0, 0.05) is 33.6 Å². The first-order chi connectivity index (χ1) is 12.1. The summed E-state index contributed by atoms with van der Waals surface area (Å²) in [5.74, 6) is 2.22. The molecule has 0 saturated heterocycles. The zero-order valence-corrected chi connectivity index (χ0v) is 14.9. The van der Waals surface area contributed by atoms with Crippen molar-refractivity contribution >= 4 is 11.9 Å². The van der Waals surface area contributed by atoms with Gasteiger partial charge in [-0.2, -0.15) is 0 Å². The van der Waals surface area contributed by atoms with Gasteiger partial charge in [-0.3, -0.25) is 4.79 Å². The Morgan fingerprint density at radius 1 is 1.40 bits per heavy atom. The summed E-state index contributed by atoms with van der Waals surface area (Å²) in [5.41, 5.74) is 0. The van der Waals surface area contributed by atoms with E-state index in [1.807, 2.05) is 23.6 Å². The van der Waals surface area contributed by atoms with E-state index in [0.717, 1.165) is 18.0 Å². The van der Waals surface area contributed by atoms with E-state index >= 15 is 0 Å². The lowest BCUT2D eigenvalue weighted by Crippen LogP contribution is -2.39. The molecule has 2 aromatic rings. The van der Waals surface area contributed by atoms with Gasteiger partial charge in [0.2, 0.25) is 5.91 Å². The number of guanidine groups is 1. The molecule has 0 bridgehead atoms. The Labute approximate surface area is 147 Å². The third-order valence-corrected chi connectivity index (χ3v) is 3.54. The fourth-order valence-corrected chi connectivity index (χ4v) is 2.08. The summed E-state index contributed by atoms with van der Waals surface area (Å²) in [6, 6.07) is 3.70. The molecule has 2 N–H and O–H groups in total. The maximum absolute atomic E-state index is 11.7. The first-order valence-corrected chi connectivity index (χ1v) is 8.21. The van der Waals surface area contributed by atoms with Crippen LogP contribution in [-0.4, -0.2) is 58.7 Å². The number of nitrogens with one attached hydrogen (secondary N) is 2. The van der Waals surface area contributed by atoms with Crippen molar-refractivity contribution in [2.24, 2.45) is 4.99 Å². The molecule has 0 aliphatic carbocycles. The second-order valence-corrected chi connectivity index (χ2v) is 5.61. The molecule has 25 heavy (non-hydrogen) atoms. The molecular weight excluding hydrogens is 322 g/mol. The van der Waals surface area contributed by atoms with Gasteiger partial charge in [-0.15, -0.1) is 10.2 Å². The van der Waals surface area contributed by atoms with Crippen LogP contribution >= 0.6 is 0 Å². The number of furan rings is 1. The number of hydrogen-bond donors (Lipinski definition) is 2. The van der Waals surface area contributed by atoms with Crippen LogP contribution in [0, 0.1) is 0 Å². The van der Waals surface area contributed by atoms with Crippen LogP contribution in [0.3, 0.4) is 0 Å². The molecule has 136 valence electrons. The molecule has 0 unspecified atom stereocenters. The van der Waals surface area contributed by atoms with Crippen LogP contribution in [0.15, 0.2) is 34.1 Å². The van der Waals surface area contributed by atoms with E-state index in [-0.39, 0.29) is 12.5 Å². The highest BCUT2D eigenvalue weighted by atomic mass is 16.3. The minimum absolute atomic E-state index is 0.0637. The van der Waals surface area contributed by atoms with Crippen LogP contribution < -0.4 is 10.6 Å². The van der Waals surface area contributed by atoms with Crippen molar-refractivity contribution in [2.45, 2.75) is 26.4 Å². The number of carbonyl (C=O) groups is 1. The van der Waals surface area contributed by atoms with Gasteiger partial charge in [-0.1, -0.05) is 6.92 Å². The molecule has 2 rings (SSSR count). The SMILES string of the molecule is CCc1nncn1CCNC(=NCC(=O)N(C)C)NCc1ccco1. The number of aryl methyl sites for hydroxylation is 1. The molecule has 0 aliphatic heterocycles. The number of likely N-dealkylation sites (N-methyl/N-ethyl adjacent to an activating group) is 1. The highest BCUT2D eigenvalue weighted by Gasteiger charge is 2.06. The Kier molecular flexibility index (Phi) is 7.00. The van der Waals surface area contributed by atoms with Crippen molar-refractivity contribution < 1.29 is 9.21 Å². The molecule has 0 spiro atoms. The second-order valence-electron chi connectivity index (χ2n) is 5.61. The van der Waals surface area contributed by atoms with Gasteiger partial charge < -0.3 is 24.5 Å². The zero-order chi connectivity index (χ0) is 18.1. The smallest absolute Gasteiger partial charge is 0.243 e. The average molecular weight is 347 g/mol. The fourth-order valence-electron chi connectivity index (χ4n) is 2.08. The third-order valence-electron chi connectivity index (χ3n) is 3.54. The lowest BCUT2D eigenvalue weighted by Gasteiger charge is -2.13. The Bertz CT molecular complexity index is 676. The number of aromatic nitrogens is 3. The van der Waals surface area contributed by atoms with Crippen molar-refractivity contribution in [1.82, 2.24) is 30.3 Å². The number of nitrogens with zero attached hydrogens (tertiary/aromatic N) is 5. The van der Waals surface area contributed by atoms with Gasteiger partial charge in [0.25, 0.3) is 0 Å². The minimum atomic E-state index is -0.0637. The Morgan fingerprint density at radius 3 is 2.92 bits per heavy atom. The lowest BCUT2D eigenvalue weighted by molar-refractivity contribution is -0.127. The number of amides is 1. The molecule has 0 saturated carbocycles. The summed E-state index contributed by atoms with van der Waals surface area (Å²) in [5, 5.41) is 14.3. The van der Waals surface area contributed by atoms with E-state index in [1.165, 1.54) is 4.90 Å². The summed E-state index contributed by atoms with van der Waals surface area (Å²) in [6.45, 7) is 3.94. The minimum Gasteiger partial charge on any atom is -0.467 e. The topological polar surface area (TPSA) is 101 Å². The van der Waals surface area contributed by atoms with Crippen molar-refractivity contribution in [3.05, 3.63) is 36.3 Å². The number of rotatable bonds is 8. The van der Waals surface area contributed by atoms with E-state index in [9.17, 15) is 4.79 Å². The molecule has 0 aromatic carbocycles. The molecule has 9 nitrogen and oxygen atoms in total. The summed E-state index contributed by atoms with van der Waals surface area (Å²) in [7, 11) is 3.42. The highest BCUT2D eigenvalue weighted by Crippen LogP contribution is 1.98. The number of aliphatic imine (C=N–C) groups is 1. The number of carbonyl (C=O) groups excluding carboxylic acids is 1. The largest absolute Gasteiger partial charge is 0.467 e. The van der Waals surface area contributed by atoms with Crippen molar-refractivity contribution in [3.8, 4) is 0 Å². The molecular formula is C16H25N7O2. The molecule has 0 aliphatic rings. The van der Waals surface area contributed by atoms with E-state index in [2.05, 4.69) is 25.8 Å². The molecule has 0 fully saturated rings.